The van der Waals surface area contributed by atoms with Crippen LogP contribution in [0.4, 0.5) is 0 Å². The molecule has 1 aromatic carbocycles. The monoisotopic (exact) mass is 288 g/mol. The normalized spacial score (nSPS) is 13.3. The Morgan fingerprint density at radius 3 is 2.95 bits per heavy atom. The van der Waals surface area contributed by atoms with E-state index in [2.05, 4.69) is 44.0 Å². The van der Waals surface area contributed by atoms with E-state index in [0.29, 0.717) is 5.25 Å². The predicted molar refractivity (Wildman–Crippen MR) is 82.8 cm³/mol. The lowest BCUT2D eigenvalue weighted by molar-refractivity contribution is 0.937. The van der Waals surface area contributed by atoms with Crippen molar-refractivity contribution in [3.8, 4) is 11.3 Å². The van der Waals surface area contributed by atoms with E-state index in [1.807, 2.05) is 18.0 Å². The molecule has 2 aromatic rings. The van der Waals surface area contributed by atoms with Crippen molar-refractivity contribution >= 4 is 23.5 Å². The second-order valence-electron chi connectivity index (χ2n) is 4.98. The van der Waals surface area contributed by atoms with Gasteiger partial charge < -0.3 is 0 Å². The van der Waals surface area contributed by atoms with E-state index in [1.165, 1.54) is 21.6 Å². The number of hydrogen-bond acceptors (Lipinski definition) is 4. The third-order valence-corrected chi connectivity index (χ3v) is 4.96. The first kappa shape index (κ1) is 13.0. The van der Waals surface area contributed by atoms with Crippen molar-refractivity contribution in [1.29, 1.82) is 0 Å². The van der Waals surface area contributed by atoms with Gasteiger partial charge in [-0.3, -0.25) is 0 Å². The maximum atomic E-state index is 4.77. The van der Waals surface area contributed by atoms with Crippen LogP contribution in [0.2, 0.25) is 0 Å². The van der Waals surface area contributed by atoms with Gasteiger partial charge in [0.2, 0.25) is 0 Å². The Kier molecular flexibility index (Phi) is 3.54. The fourth-order valence-electron chi connectivity index (χ4n) is 2.11. The molecule has 3 rings (SSSR count). The largest absolute Gasteiger partial charge is 0.231 e. The van der Waals surface area contributed by atoms with E-state index in [4.69, 9.17) is 4.98 Å². The highest BCUT2D eigenvalue weighted by molar-refractivity contribution is 7.99. The van der Waals surface area contributed by atoms with Gasteiger partial charge in [-0.15, -0.1) is 11.8 Å². The zero-order valence-electron chi connectivity index (χ0n) is 11.3. The number of thioether (sulfide) groups is 2. The van der Waals surface area contributed by atoms with Crippen LogP contribution in [-0.2, 0) is 5.75 Å². The van der Waals surface area contributed by atoms with Crippen LogP contribution in [0.3, 0.4) is 0 Å². The first-order valence-corrected chi connectivity index (χ1v) is 8.26. The standard InChI is InChI=1S/C15H16N2S2/c1-9(2)19-15-16-7-11-8-18-13-5-4-10(3)6-12(13)14(11)17-15/h4-7,9H,8H2,1-3H3. The summed E-state index contributed by atoms with van der Waals surface area (Å²) in [6.07, 6.45) is 1.99. The third-order valence-electron chi connectivity index (χ3n) is 2.96. The summed E-state index contributed by atoms with van der Waals surface area (Å²) in [7, 11) is 0. The van der Waals surface area contributed by atoms with Crippen LogP contribution < -0.4 is 0 Å². The summed E-state index contributed by atoms with van der Waals surface area (Å²) >= 11 is 3.59. The van der Waals surface area contributed by atoms with E-state index < -0.39 is 0 Å². The lowest BCUT2D eigenvalue weighted by Crippen LogP contribution is -2.03. The number of fused-ring (bicyclic) bond motifs is 3. The molecule has 2 heterocycles. The molecular formula is C15H16N2S2. The lowest BCUT2D eigenvalue weighted by atomic mass is 10.1. The second-order valence-corrected chi connectivity index (χ2v) is 7.54. The summed E-state index contributed by atoms with van der Waals surface area (Å²) in [5.74, 6) is 0.970. The molecule has 0 atom stereocenters. The molecule has 1 aliphatic rings. The van der Waals surface area contributed by atoms with Gasteiger partial charge in [0.05, 0.1) is 5.69 Å². The Hall–Kier alpha value is -1.00. The molecular weight excluding hydrogens is 272 g/mol. The quantitative estimate of drug-likeness (QED) is 0.597. The van der Waals surface area contributed by atoms with Crippen LogP contribution in [0.25, 0.3) is 11.3 Å². The van der Waals surface area contributed by atoms with E-state index in [-0.39, 0.29) is 0 Å². The summed E-state index contributed by atoms with van der Waals surface area (Å²) in [4.78, 5) is 10.6. The lowest BCUT2D eigenvalue weighted by Gasteiger charge is -2.19. The minimum absolute atomic E-state index is 0.507. The molecule has 0 spiro atoms. The van der Waals surface area contributed by atoms with Gasteiger partial charge in [-0.1, -0.05) is 37.2 Å². The van der Waals surface area contributed by atoms with Gasteiger partial charge >= 0.3 is 0 Å². The molecule has 0 fully saturated rings. The molecule has 0 amide bonds. The van der Waals surface area contributed by atoms with Gasteiger partial charge in [-0.05, 0) is 19.1 Å². The summed E-state index contributed by atoms with van der Waals surface area (Å²) in [5.41, 5.74) is 4.91. The average Bonchev–Trinajstić information content (AvgIpc) is 2.38. The second kappa shape index (κ2) is 5.17. The smallest absolute Gasteiger partial charge is 0.188 e. The van der Waals surface area contributed by atoms with Crippen molar-refractivity contribution in [2.24, 2.45) is 0 Å². The average molecular weight is 288 g/mol. The van der Waals surface area contributed by atoms with Crippen LogP contribution in [0.15, 0.2) is 34.4 Å². The number of hydrogen-bond donors (Lipinski definition) is 0. The van der Waals surface area contributed by atoms with Crippen LogP contribution in [0, 0.1) is 6.92 Å². The van der Waals surface area contributed by atoms with Crippen molar-refractivity contribution < 1.29 is 0 Å². The SMILES string of the molecule is Cc1ccc2c(c1)-c1nc(SC(C)C)ncc1CS2. The Morgan fingerprint density at radius 1 is 1.32 bits per heavy atom. The molecule has 1 aromatic heterocycles. The van der Waals surface area contributed by atoms with E-state index >= 15 is 0 Å². The molecule has 0 radical (unpaired) electrons. The number of aryl methyl sites for hydroxylation is 1. The zero-order valence-corrected chi connectivity index (χ0v) is 12.9. The van der Waals surface area contributed by atoms with Gasteiger partial charge in [0.1, 0.15) is 0 Å². The first-order valence-electron chi connectivity index (χ1n) is 6.40. The van der Waals surface area contributed by atoms with Gasteiger partial charge in [0, 0.05) is 33.2 Å². The van der Waals surface area contributed by atoms with E-state index in [0.717, 1.165) is 16.6 Å². The van der Waals surface area contributed by atoms with Gasteiger partial charge in [0.15, 0.2) is 5.16 Å². The van der Waals surface area contributed by atoms with Crippen LogP contribution in [0.1, 0.15) is 25.0 Å². The topological polar surface area (TPSA) is 25.8 Å². The number of rotatable bonds is 2. The summed E-state index contributed by atoms with van der Waals surface area (Å²) in [6, 6.07) is 6.61. The molecule has 0 N–H and O–H groups in total. The molecule has 98 valence electrons. The van der Waals surface area contributed by atoms with Crippen LogP contribution in [-0.4, -0.2) is 15.2 Å². The maximum absolute atomic E-state index is 4.77. The molecule has 0 bridgehead atoms. The Balaban J connectivity index is 2.10. The number of aromatic nitrogens is 2. The molecule has 4 heteroatoms. The fourth-order valence-corrected chi connectivity index (χ4v) is 3.78. The highest BCUT2D eigenvalue weighted by Crippen LogP contribution is 2.41. The third kappa shape index (κ3) is 2.65. The minimum atomic E-state index is 0.507. The summed E-state index contributed by atoms with van der Waals surface area (Å²) < 4.78 is 0. The number of nitrogens with zero attached hydrogens (tertiary/aromatic N) is 2. The maximum Gasteiger partial charge on any atom is 0.188 e. The minimum Gasteiger partial charge on any atom is -0.231 e. The van der Waals surface area contributed by atoms with Crippen LogP contribution >= 0.6 is 23.5 Å². The predicted octanol–water partition coefficient (Wildman–Crippen LogP) is 4.56. The Labute approximate surface area is 122 Å². The summed E-state index contributed by atoms with van der Waals surface area (Å²) in [5, 5.41) is 1.39. The van der Waals surface area contributed by atoms with Crippen molar-refractivity contribution in [3.05, 3.63) is 35.5 Å². The van der Waals surface area contributed by atoms with Crippen molar-refractivity contribution in [2.75, 3.05) is 0 Å². The van der Waals surface area contributed by atoms with Crippen molar-refractivity contribution in [1.82, 2.24) is 9.97 Å². The van der Waals surface area contributed by atoms with Crippen molar-refractivity contribution in [3.63, 3.8) is 0 Å². The van der Waals surface area contributed by atoms with E-state index in [1.54, 1.807) is 11.8 Å². The van der Waals surface area contributed by atoms with Crippen molar-refractivity contribution in [2.45, 2.75) is 41.8 Å². The highest BCUT2D eigenvalue weighted by atomic mass is 32.2. The van der Waals surface area contributed by atoms with Gasteiger partial charge in [-0.2, -0.15) is 0 Å². The Bertz CT molecular complexity index is 624. The zero-order chi connectivity index (χ0) is 13.4. The van der Waals surface area contributed by atoms with E-state index in [9.17, 15) is 0 Å². The molecule has 2 nitrogen and oxygen atoms in total. The first-order chi connectivity index (χ1) is 9.13. The Morgan fingerprint density at radius 2 is 2.16 bits per heavy atom. The molecule has 0 unspecified atom stereocenters. The van der Waals surface area contributed by atoms with Gasteiger partial charge in [-0.25, -0.2) is 9.97 Å². The van der Waals surface area contributed by atoms with Crippen LogP contribution in [0.5, 0.6) is 0 Å². The number of benzene rings is 1. The highest BCUT2D eigenvalue weighted by Gasteiger charge is 2.19. The molecule has 0 aliphatic carbocycles. The molecule has 0 saturated heterocycles. The van der Waals surface area contributed by atoms with Gasteiger partial charge in [0.25, 0.3) is 0 Å². The molecule has 0 saturated carbocycles. The summed E-state index contributed by atoms with van der Waals surface area (Å²) in [6.45, 7) is 6.47. The fraction of sp³-hybridized carbons (Fsp3) is 0.333. The molecule has 19 heavy (non-hydrogen) atoms. The molecule has 1 aliphatic heterocycles.